The fourth-order valence-corrected chi connectivity index (χ4v) is 3.58. The maximum atomic E-state index is 5.59. The van der Waals surface area contributed by atoms with E-state index in [1.54, 1.807) is 6.33 Å². The van der Waals surface area contributed by atoms with E-state index in [0.717, 1.165) is 43.3 Å². The fraction of sp³-hybridized carbons (Fsp3) is 0.533. The summed E-state index contributed by atoms with van der Waals surface area (Å²) in [7, 11) is 0. The number of rotatable bonds is 2. The summed E-state index contributed by atoms with van der Waals surface area (Å²) in [5, 5.41) is 3.45. The van der Waals surface area contributed by atoms with Crippen molar-refractivity contribution in [1.29, 1.82) is 0 Å². The molecule has 19 heavy (non-hydrogen) atoms. The molecule has 0 saturated carbocycles. The first-order valence-electron chi connectivity index (χ1n) is 7.11. The van der Waals surface area contributed by atoms with Crippen LogP contribution in [0.5, 0.6) is 0 Å². The van der Waals surface area contributed by atoms with Crippen molar-refractivity contribution < 1.29 is 4.74 Å². The van der Waals surface area contributed by atoms with E-state index >= 15 is 0 Å². The van der Waals surface area contributed by atoms with Gasteiger partial charge in [-0.05, 0) is 49.5 Å². The Balaban J connectivity index is 1.74. The second kappa shape index (κ2) is 4.32. The third kappa shape index (κ3) is 1.70. The number of hydrogen-bond donors (Lipinski definition) is 2. The van der Waals surface area contributed by atoms with Crippen molar-refractivity contribution >= 4 is 11.0 Å². The van der Waals surface area contributed by atoms with Crippen molar-refractivity contribution in [2.75, 3.05) is 26.3 Å². The lowest BCUT2D eigenvalue weighted by molar-refractivity contribution is -0.0963. The highest BCUT2D eigenvalue weighted by molar-refractivity contribution is 5.75. The lowest BCUT2D eigenvalue weighted by Gasteiger charge is -2.49. The minimum Gasteiger partial charge on any atom is -0.379 e. The predicted octanol–water partition coefficient (Wildman–Crippen LogP) is 1.83. The number of ether oxygens (including phenoxy) is 1. The number of benzene rings is 1. The highest BCUT2D eigenvalue weighted by Gasteiger charge is 2.47. The molecule has 2 aliphatic rings. The lowest BCUT2D eigenvalue weighted by Crippen LogP contribution is -2.54. The van der Waals surface area contributed by atoms with Gasteiger partial charge in [0.1, 0.15) is 0 Å². The first-order chi connectivity index (χ1) is 9.38. The molecule has 2 fully saturated rings. The van der Waals surface area contributed by atoms with E-state index in [4.69, 9.17) is 4.74 Å². The Morgan fingerprint density at radius 3 is 2.79 bits per heavy atom. The number of fused-ring (bicyclic) bond motifs is 1. The van der Waals surface area contributed by atoms with Gasteiger partial charge in [-0.15, -0.1) is 0 Å². The van der Waals surface area contributed by atoms with Crippen molar-refractivity contribution in [3.8, 4) is 0 Å². The summed E-state index contributed by atoms with van der Waals surface area (Å²) < 4.78 is 5.59. The predicted molar refractivity (Wildman–Crippen MR) is 74.2 cm³/mol. The van der Waals surface area contributed by atoms with Crippen molar-refractivity contribution in [2.24, 2.45) is 5.92 Å². The summed E-state index contributed by atoms with van der Waals surface area (Å²) in [6, 6.07) is 6.64. The number of H-pyrrole nitrogens is 1. The standard InChI is InChI=1S/C15H19N3O/c1-2-13-14(18-10-17-13)7-12(1)15(8-19-9-15)11-3-5-16-6-4-11/h1-2,7,10-11,16H,3-6,8-9H2,(H,17,18). The zero-order valence-electron chi connectivity index (χ0n) is 11.0. The molecule has 2 aromatic rings. The first-order valence-corrected chi connectivity index (χ1v) is 7.11. The van der Waals surface area contributed by atoms with Crippen LogP contribution < -0.4 is 5.32 Å². The molecule has 4 rings (SSSR count). The third-order valence-corrected chi connectivity index (χ3v) is 4.84. The molecule has 4 heteroatoms. The first kappa shape index (κ1) is 11.4. The van der Waals surface area contributed by atoms with Gasteiger partial charge in [0.05, 0.1) is 30.6 Å². The van der Waals surface area contributed by atoms with Gasteiger partial charge in [-0.1, -0.05) is 6.07 Å². The number of nitrogens with zero attached hydrogens (tertiary/aromatic N) is 1. The van der Waals surface area contributed by atoms with Gasteiger partial charge >= 0.3 is 0 Å². The summed E-state index contributed by atoms with van der Waals surface area (Å²) in [4.78, 5) is 7.52. The molecule has 0 bridgehead atoms. The van der Waals surface area contributed by atoms with Crippen LogP contribution in [-0.2, 0) is 10.2 Å². The van der Waals surface area contributed by atoms with Crippen LogP contribution in [0.25, 0.3) is 11.0 Å². The smallest absolute Gasteiger partial charge is 0.0931 e. The molecule has 0 aliphatic carbocycles. The number of aromatic nitrogens is 2. The molecule has 1 aromatic heterocycles. The summed E-state index contributed by atoms with van der Waals surface area (Å²) in [6.07, 6.45) is 4.28. The van der Waals surface area contributed by atoms with Crippen LogP contribution in [-0.4, -0.2) is 36.3 Å². The van der Waals surface area contributed by atoms with Crippen LogP contribution in [0.3, 0.4) is 0 Å². The monoisotopic (exact) mass is 257 g/mol. The van der Waals surface area contributed by atoms with E-state index in [1.165, 1.54) is 18.4 Å². The molecule has 0 radical (unpaired) electrons. The van der Waals surface area contributed by atoms with Gasteiger partial charge in [0.2, 0.25) is 0 Å². The quantitative estimate of drug-likeness (QED) is 0.863. The van der Waals surface area contributed by atoms with Crippen molar-refractivity contribution in [3.05, 3.63) is 30.1 Å². The SMILES string of the molecule is c1nc2ccc(C3(C4CCNCC4)COC3)cc2[nH]1. The Morgan fingerprint density at radius 2 is 2.05 bits per heavy atom. The molecule has 4 nitrogen and oxygen atoms in total. The molecule has 2 N–H and O–H groups in total. The number of piperidine rings is 1. The fourth-order valence-electron chi connectivity index (χ4n) is 3.58. The molecule has 1 aromatic carbocycles. The molecule has 100 valence electrons. The van der Waals surface area contributed by atoms with E-state index in [0.29, 0.717) is 0 Å². The van der Waals surface area contributed by atoms with Crippen molar-refractivity contribution in [3.63, 3.8) is 0 Å². The zero-order chi connectivity index (χ0) is 12.7. The van der Waals surface area contributed by atoms with Crippen LogP contribution in [0, 0.1) is 5.92 Å². The Kier molecular flexibility index (Phi) is 2.60. The van der Waals surface area contributed by atoms with E-state index < -0.39 is 0 Å². The Labute approximate surface area is 112 Å². The average molecular weight is 257 g/mol. The molecule has 2 aliphatic heterocycles. The number of hydrogen-bond acceptors (Lipinski definition) is 3. The Bertz CT molecular complexity index is 582. The molecule has 0 atom stereocenters. The number of nitrogens with one attached hydrogen (secondary N) is 2. The van der Waals surface area contributed by atoms with Gasteiger partial charge in [0, 0.05) is 5.41 Å². The van der Waals surface area contributed by atoms with Gasteiger partial charge in [0.15, 0.2) is 0 Å². The second-order valence-corrected chi connectivity index (χ2v) is 5.81. The molecular weight excluding hydrogens is 238 g/mol. The second-order valence-electron chi connectivity index (χ2n) is 5.81. The van der Waals surface area contributed by atoms with Gasteiger partial charge < -0.3 is 15.0 Å². The molecule has 2 saturated heterocycles. The average Bonchev–Trinajstić information content (AvgIpc) is 2.86. The highest BCUT2D eigenvalue weighted by Crippen LogP contribution is 2.43. The summed E-state index contributed by atoms with van der Waals surface area (Å²) in [5.74, 6) is 0.739. The summed E-state index contributed by atoms with van der Waals surface area (Å²) in [5.41, 5.74) is 3.84. The number of imidazole rings is 1. The third-order valence-electron chi connectivity index (χ3n) is 4.84. The largest absolute Gasteiger partial charge is 0.379 e. The highest BCUT2D eigenvalue weighted by atomic mass is 16.5. The summed E-state index contributed by atoms with van der Waals surface area (Å²) in [6.45, 7) is 4.02. The molecular formula is C15H19N3O. The molecule has 0 amide bonds. The van der Waals surface area contributed by atoms with Crippen LogP contribution in [0.2, 0.25) is 0 Å². The molecule has 0 spiro atoms. The lowest BCUT2D eigenvalue weighted by atomic mass is 9.65. The van der Waals surface area contributed by atoms with E-state index in [9.17, 15) is 0 Å². The molecule has 3 heterocycles. The van der Waals surface area contributed by atoms with E-state index in [-0.39, 0.29) is 5.41 Å². The zero-order valence-corrected chi connectivity index (χ0v) is 11.0. The van der Waals surface area contributed by atoms with E-state index in [1.807, 2.05) is 0 Å². The van der Waals surface area contributed by atoms with Crippen LogP contribution in [0.15, 0.2) is 24.5 Å². The molecule has 0 unspecified atom stereocenters. The minimum absolute atomic E-state index is 0.238. The maximum Gasteiger partial charge on any atom is 0.0931 e. The van der Waals surface area contributed by atoms with Gasteiger partial charge in [-0.25, -0.2) is 4.98 Å². The minimum atomic E-state index is 0.238. The van der Waals surface area contributed by atoms with Crippen LogP contribution >= 0.6 is 0 Å². The topological polar surface area (TPSA) is 49.9 Å². The number of aromatic amines is 1. The Hall–Kier alpha value is -1.39. The normalized spacial score (nSPS) is 23.4. The van der Waals surface area contributed by atoms with Crippen molar-refractivity contribution in [1.82, 2.24) is 15.3 Å². The van der Waals surface area contributed by atoms with Crippen LogP contribution in [0.4, 0.5) is 0 Å². The van der Waals surface area contributed by atoms with Crippen molar-refractivity contribution in [2.45, 2.75) is 18.3 Å². The Morgan fingerprint density at radius 1 is 1.21 bits per heavy atom. The van der Waals surface area contributed by atoms with Gasteiger partial charge in [-0.3, -0.25) is 0 Å². The van der Waals surface area contributed by atoms with Gasteiger partial charge in [0.25, 0.3) is 0 Å². The van der Waals surface area contributed by atoms with Gasteiger partial charge in [-0.2, -0.15) is 0 Å². The van der Waals surface area contributed by atoms with Crippen LogP contribution in [0.1, 0.15) is 18.4 Å². The maximum absolute atomic E-state index is 5.59. The summed E-state index contributed by atoms with van der Waals surface area (Å²) >= 11 is 0. The van der Waals surface area contributed by atoms with E-state index in [2.05, 4.69) is 33.5 Å².